The van der Waals surface area contributed by atoms with E-state index in [0.29, 0.717) is 22.0 Å². The zero-order valence-electron chi connectivity index (χ0n) is 20.3. The van der Waals surface area contributed by atoms with Crippen LogP contribution in [0.1, 0.15) is 38.3 Å². The Hall–Kier alpha value is -4.28. The van der Waals surface area contributed by atoms with Gasteiger partial charge in [0.1, 0.15) is 12.1 Å². The lowest BCUT2D eigenvalue weighted by Crippen LogP contribution is -2.36. The monoisotopic (exact) mass is 504 g/mol. The molecule has 0 radical (unpaired) electrons. The standard InChI is InChI=1S/C32H25ClN2O2/c1-23-29(33)19-24(30(36)21-28-17-18-34-22-35-28)20-31(23)37-32(25-11-5-2-6-12-25,26-13-7-3-8-14-26)27-15-9-4-10-16-27/h2-20,22H,21H2,1H3. The summed E-state index contributed by atoms with van der Waals surface area (Å²) in [6.45, 7) is 1.90. The number of benzene rings is 4. The number of ketones is 1. The summed E-state index contributed by atoms with van der Waals surface area (Å²) < 4.78 is 7.05. The number of nitrogens with zero attached hydrogens (tertiary/aromatic N) is 2. The van der Waals surface area contributed by atoms with Crippen molar-refractivity contribution >= 4 is 17.4 Å². The first kappa shape index (κ1) is 24.4. The second-order valence-corrected chi connectivity index (χ2v) is 9.17. The highest BCUT2D eigenvalue weighted by Crippen LogP contribution is 2.43. The van der Waals surface area contributed by atoms with Gasteiger partial charge in [-0.1, -0.05) is 103 Å². The van der Waals surface area contributed by atoms with Gasteiger partial charge in [-0.2, -0.15) is 0 Å². The lowest BCUT2D eigenvalue weighted by Gasteiger charge is -2.37. The van der Waals surface area contributed by atoms with Crippen LogP contribution in [0.2, 0.25) is 5.02 Å². The third kappa shape index (κ3) is 5.02. The Labute approximate surface area is 221 Å². The molecule has 4 nitrogen and oxygen atoms in total. The molecule has 1 aromatic heterocycles. The van der Waals surface area contributed by atoms with Crippen LogP contribution in [0.15, 0.2) is 122 Å². The van der Waals surface area contributed by atoms with Crippen molar-refractivity contribution in [2.24, 2.45) is 0 Å². The molecule has 0 aliphatic heterocycles. The maximum absolute atomic E-state index is 13.2. The fourth-order valence-corrected chi connectivity index (χ4v) is 4.68. The van der Waals surface area contributed by atoms with Crippen molar-refractivity contribution in [3.8, 4) is 5.75 Å². The van der Waals surface area contributed by atoms with Crippen LogP contribution >= 0.6 is 11.6 Å². The zero-order chi connectivity index (χ0) is 25.7. The zero-order valence-corrected chi connectivity index (χ0v) is 21.1. The third-order valence-electron chi connectivity index (χ3n) is 6.41. The van der Waals surface area contributed by atoms with E-state index < -0.39 is 5.60 Å². The molecule has 0 fully saturated rings. The molecular weight excluding hydrogens is 480 g/mol. The number of carbonyl (C=O) groups excluding carboxylic acids is 1. The summed E-state index contributed by atoms with van der Waals surface area (Å²) in [6.07, 6.45) is 3.20. The predicted molar refractivity (Wildman–Crippen MR) is 146 cm³/mol. The average Bonchev–Trinajstić information content (AvgIpc) is 2.96. The number of Topliss-reactive ketones (excluding diaryl/α,β-unsaturated/α-hetero) is 1. The Morgan fingerprint density at radius 1 is 0.811 bits per heavy atom. The summed E-state index contributed by atoms with van der Waals surface area (Å²) in [5.74, 6) is 0.435. The minimum atomic E-state index is -0.980. The number of halogens is 1. The molecule has 37 heavy (non-hydrogen) atoms. The maximum atomic E-state index is 13.2. The molecule has 0 amide bonds. The van der Waals surface area contributed by atoms with Gasteiger partial charge < -0.3 is 4.74 Å². The summed E-state index contributed by atoms with van der Waals surface area (Å²) in [4.78, 5) is 21.3. The number of rotatable bonds is 8. The quantitative estimate of drug-likeness (QED) is 0.165. The van der Waals surface area contributed by atoms with Crippen LogP contribution in [0.25, 0.3) is 0 Å². The van der Waals surface area contributed by atoms with E-state index in [1.165, 1.54) is 6.33 Å². The van der Waals surface area contributed by atoms with E-state index in [1.54, 1.807) is 24.4 Å². The van der Waals surface area contributed by atoms with E-state index in [0.717, 1.165) is 22.3 Å². The molecule has 0 saturated carbocycles. The summed E-state index contributed by atoms with van der Waals surface area (Å²) in [7, 11) is 0. The molecule has 5 heteroatoms. The summed E-state index contributed by atoms with van der Waals surface area (Å²) in [6, 6.07) is 35.5. The number of aromatic nitrogens is 2. The van der Waals surface area contributed by atoms with Gasteiger partial charge in [0.2, 0.25) is 0 Å². The summed E-state index contributed by atoms with van der Waals surface area (Å²) in [5.41, 5.74) is 3.76. The van der Waals surface area contributed by atoms with E-state index in [2.05, 4.69) is 46.4 Å². The van der Waals surface area contributed by atoms with Gasteiger partial charge in [0.05, 0.1) is 12.1 Å². The second-order valence-electron chi connectivity index (χ2n) is 8.76. The van der Waals surface area contributed by atoms with E-state index >= 15 is 0 Å². The Morgan fingerprint density at radius 3 is 1.84 bits per heavy atom. The first-order valence-electron chi connectivity index (χ1n) is 12.0. The van der Waals surface area contributed by atoms with Gasteiger partial charge in [-0.15, -0.1) is 0 Å². The molecule has 4 aromatic carbocycles. The fourth-order valence-electron chi connectivity index (χ4n) is 4.47. The van der Waals surface area contributed by atoms with E-state index in [1.807, 2.05) is 61.5 Å². The van der Waals surface area contributed by atoms with Crippen LogP contribution in [-0.2, 0) is 12.0 Å². The molecule has 182 valence electrons. The summed E-state index contributed by atoms with van der Waals surface area (Å²) in [5, 5.41) is 0.464. The van der Waals surface area contributed by atoms with Crippen LogP contribution in [0.5, 0.6) is 5.75 Å². The van der Waals surface area contributed by atoms with Gasteiger partial charge in [-0.05, 0) is 25.1 Å². The van der Waals surface area contributed by atoms with Crippen LogP contribution < -0.4 is 4.74 Å². The van der Waals surface area contributed by atoms with Crippen molar-refractivity contribution in [1.82, 2.24) is 9.97 Å². The lowest BCUT2D eigenvalue weighted by atomic mass is 9.80. The second kappa shape index (κ2) is 10.8. The lowest BCUT2D eigenvalue weighted by molar-refractivity contribution is 0.0990. The minimum absolute atomic E-state index is 0.102. The molecule has 0 N–H and O–H groups in total. The molecule has 1 heterocycles. The van der Waals surface area contributed by atoms with Crippen molar-refractivity contribution in [3.63, 3.8) is 0 Å². The molecule has 0 bridgehead atoms. The molecule has 0 aliphatic rings. The van der Waals surface area contributed by atoms with Gasteiger partial charge in [-0.3, -0.25) is 4.79 Å². The van der Waals surface area contributed by atoms with Gasteiger partial charge in [0.15, 0.2) is 11.4 Å². The number of ether oxygens (including phenoxy) is 1. The Kier molecular flexibility index (Phi) is 7.11. The topological polar surface area (TPSA) is 52.1 Å². The maximum Gasteiger partial charge on any atom is 0.184 e. The normalized spacial score (nSPS) is 11.2. The molecule has 0 spiro atoms. The van der Waals surface area contributed by atoms with Crippen LogP contribution in [0.3, 0.4) is 0 Å². The Balaban J connectivity index is 1.67. The number of hydrogen-bond donors (Lipinski definition) is 0. The van der Waals surface area contributed by atoms with Gasteiger partial charge in [0.25, 0.3) is 0 Å². The average molecular weight is 505 g/mol. The van der Waals surface area contributed by atoms with Crippen LogP contribution in [0, 0.1) is 6.92 Å². The minimum Gasteiger partial charge on any atom is -0.473 e. The van der Waals surface area contributed by atoms with Crippen LogP contribution in [-0.4, -0.2) is 15.8 Å². The summed E-state index contributed by atoms with van der Waals surface area (Å²) >= 11 is 6.68. The highest BCUT2D eigenvalue weighted by molar-refractivity contribution is 6.32. The van der Waals surface area contributed by atoms with Crippen LogP contribution in [0.4, 0.5) is 0 Å². The van der Waals surface area contributed by atoms with Crippen molar-refractivity contribution < 1.29 is 9.53 Å². The van der Waals surface area contributed by atoms with Crippen molar-refractivity contribution in [3.05, 3.63) is 160 Å². The third-order valence-corrected chi connectivity index (χ3v) is 6.80. The smallest absolute Gasteiger partial charge is 0.184 e. The number of carbonyl (C=O) groups is 1. The van der Waals surface area contributed by atoms with Crippen molar-refractivity contribution in [1.29, 1.82) is 0 Å². The molecule has 0 saturated heterocycles. The van der Waals surface area contributed by atoms with E-state index in [9.17, 15) is 4.79 Å². The highest BCUT2D eigenvalue weighted by Gasteiger charge is 2.39. The SMILES string of the molecule is Cc1c(Cl)cc(C(=O)Cc2ccncn2)cc1OC(c1ccccc1)(c1ccccc1)c1ccccc1. The highest BCUT2D eigenvalue weighted by atomic mass is 35.5. The first-order valence-corrected chi connectivity index (χ1v) is 12.4. The first-order chi connectivity index (χ1) is 18.1. The molecule has 0 aliphatic carbocycles. The van der Waals surface area contributed by atoms with E-state index in [4.69, 9.17) is 16.3 Å². The molecule has 0 atom stereocenters. The molecule has 5 aromatic rings. The van der Waals surface area contributed by atoms with Crippen molar-refractivity contribution in [2.75, 3.05) is 0 Å². The largest absolute Gasteiger partial charge is 0.473 e. The van der Waals surface area contributed by atoms with Gasteiger partial charge in [0, 0.05) is 39.0 Å². The van der Waals surface area contributed by atoms with Gasteiger partial charge in [-0.25, -0.2) is 9.97 Å². The predicted octanol–water partition coefficient (Wildman–Crippen LogP) is 7.23. The fraction of sp³-hybridized carbons (Fsp3) is 0.0938. The Bertz CT molecular complexity index is 1400. The van der Waals surface area contributed by atoms with Gasteiger partial charge >= 0.3 is 0 Å². The Morgan fingerprint density at radius 2 is 1.35 bits per heavy atom. The molecular formula is C32H25ClN2O2. The molecule has 0 unspecified atom stereocenters. The van der Waals surface area contributed by atoms with E-state index in [-0.39, 0.29) is 12.2 Å². The molecule has 5 rings (SSSR count). The number of hydrogen-bond acceptors (Lipinski definition) is 4. The van der Waals surface area contributed by atoms with Crippen molar-refractivity contribution in [2.45, 2.75) is 18.9 Å².